The standard InChI is InChI=1S/C24H32N2O4/c1-16-12-17(2)14-20(13-16)25-22(27)21(26-23(28)30-24(4,5)6)18(3)29-15-19-10-8-7-9-11-19/h7-14,18,21H,15H2,1-6H3,(H,25,27)(H,26,28). The van der Waals surface area contributed by atoms with Crippen LogP contribution in [0.25, 0.3) is 0 Å². The molecule has 2 N–H and O–H groups in total. The molecule has 162 valence electrons. The molecule has 0 spiro atoms. The van der Waals surface area contributed by atoms with Crippen molar-refractivity contribution < 1.29 is 19.1 Å². The van der Waals surface area contributed by atoms with E-state index in [9.17, 15) is 9.59 Å². The number of aryl methyl sites for hydroxylation is 2. The second kappa shape index (κ2) is 10.3. The summed E-state index contributed by atoms with van der Waals surface area (Å²) < 4.78 is 11.2. The largest absolute Gasteiger partial charge is 0.444 e. The number of rotatable bonds is 7. The Hall–Kier alpha value is -2.86. The van der Waals surface area contributed by atoms with Gasteiger partial charge in [0, 0.05) is 5.69 Å². The maximum Gasteiger partial charge on any atom is 0.408 e. The Morgan fingerprint density at radius 3 is 2.17 bits per heavy atom. The quantitative estimate of drug-likeness (QED) is 0.689. The number of alkyl carbamates (subject to hydrolysis) is 1. The maximum absolute atomic E-state index is 13.0. The van der Waals surface area contributed by atoms with Crippen molar-refractivity contribution in [2.45, 2.75) is 65.9 Å². The van der Waals surface area contributed by atoms with Gasteiger partial charge in [0.05, 0.1) is 12.7 Å². The van der Waals surface area contributed by atoms with E-state index in [1.807, 2.05) is 62.4 Å². The van der Waals surface area contributed by atoms with Gasteiger partial charge in [-0.3, -0.25) is 4.79 Å². The van der Waals surface area contributed by atoms with Crippen LogP contribution in [0.3, 0.4) is 0 Å². The van der Waals surface area contributed by atoms with Gasteiger partial charge in [0.1, 0.15) is 11.6 Å². The van der Waals surface area contributed by atoms with Crippen LogP contribution in [0.15, 0.2) is 48.5 Å². The van der Waals surface area contributed by atoms with Crippen molar-refractivity contribution in [3.05, 3.63) is 65.2 Å². The molecule has 2 rings (SSSR count). The number of amides is 2. The second-order valence-electron chi connectivity index (χ2n) is 8.49. The van der Waals surface area contributed by atoms with Gasteiger partial charge in [-0.1, -0.05) is 36.4 Å². The molecule has 2 aromatic rings. The number of hydrogen-bond acceptors (Lipinski definition) is 4. The van der Waals surface area contributed by atoms with Gasteiger partial charge in [0.2, 0.25) is 5.91 Å². The fourth-order valence-electron chi connectivity index (χ4n) is 3.00. The summed E-state index contributed by atoms with van der Waals surface area (Å²) in [5.41, 5.74) is 3.05. The van der Waals surface area contributed by atoms with E-state index in [-0.39, 0.29) is 5.91 Å². The van der Waals surface area contributed by atoms with Crippen LogP contribution in [-0.4, -0.2) is 29.7 Å². The predicted molar refractivity (Wildman–Crippen MR) is 118 cm³/mol. The van der Waals surface area contributed by atoms with E-state index >= 15 is 0 Å². The summed E-state index contributed by atoms with van der Waals surface area (Å²) in [5.74, 6) is -0.369. The molecule has 2 aromatic carbocycles. The molecule has 0 bridgehead atoms. The lowest BCUT2D eigenvalue weighted by atomic mass is 10.1. The maximum atomic E-state index is 13.0. The topological polar surface area (TPSA) is 76.7 Å². The average Bonchev–Trinajstić information content (AvgIpc) is 2.62. The van der Waals surface area contributed by atoms with E-state index in [0.717, 1.165) is 16.7 Å². The zero-order valence-corrected chi connectivity index (χ0v) is 18.6. The van der Waals surface area contributed by atoms with Crippen LogP contribution in [0.1, 0.15) is 44.4 Å². The highest BCUT2D eigenvalue weighted by Crippen LogP contribution is 2.16. The van der Waals surface area contributed by atoms with Crippen LogP contribution < -0.4 is 10.6 Å². The SMILES string of the molecule is Cc1cc(C)cc(NC(=O)C(NC(=O)OC(C)(C)C)C(C)OCc2ccccc2)c1. The first-order chi connectivity index (χ1) is 14.0. The molecule has 0 aliphatic carbocycles. The first-order valence-electron chi connectivity index (χ1n) is 10.1. The van der Waals surface area contributed by atoms with E-state index < -0.39 is 23.8 Å². The molecule has 0 saturated heterocycles. The van der Waals surface area contributed by atoms with E-state index in [0.29, 0.717) is 12.3 Å². The Morgan fingerprint density at radius 1 is 1.00 bits per heavy atom. The lowest BCUT2D eigenvalue weighted by Crippen LogP contribution is -2.52. The summed E-state index contributed by atoms with van der Waals surface area (Å²) in [5, 5.41) is 5.54. The number of ether oxygens (including phenoxy) is 2. The van der Waals surface area contributed by atoms with Crippen molar-refractivity contribution in [3.63, 3.8) is 0 Å². The van der Waals surface area contributed by atoms with Gasteiger partial charge >= 0.3 is 6.09 Å². The molecule has 30 heavy (non-hydrogen) atoms. The molecule has 0 aliphatic rings. The van der Waals surface area contributed by atoms with Gasteiger partial charge < -0.3 is 20.1 Å². The lowest BCUT2D eigenvalue weighted by Gasteiger charge is -2.27. The monoisotopic (exact) mass is 412 g/mol. The Balaban J connectivity index is 2.13. The molecule has 0 fully saturated rings. The average molecular weight is 413 g/mol. The van der Waals surface area contributed by atoms with Crippen LogP contribution in [0.5, 0.6) is 0 Å². The van der Waals surface area contributed by atoms with Crippen molar-refractivity contribution in [1.29, 1.82) is 0 Å². The number of benzene rings is 2. The van der Waals surface area contributed by atoms with Gasteiger partial charge in [0.15, 0.2) is 0 Å². The van der Waals surface area contributed by atoms with Gasteiger partial charge in [-0.25, -0.2) is 4.79 Å². The molecule has 2 atom stereocenters. The van der Waals surface area contributed by atoms with Crippen LogP contribution in [0.4, 0.5) is 10.5 Å². The fraction of sp³-hybridized carbons (Fsp3) is 0.417. The summed E-state index contributed by atoms with van der Waals surface area (Å²) in [6.45, 7) is 11.3. The zero-order valence-electron chi connectivity index (χ0n) is 18.6. The number of carbonyl (C=O) groups is 2. The highest BCUT2D eigenvalue weighted by atomic mass is 16.6. The number of nitrogens with one attached hydrogen (secondary N) is 2. The lowest BCUT2D eigenvalue weighted by molar-refractivity contribution is -0.122. The number of carbonyl (C=O) groups excluding carboxylic acids is 2. The normalized spacial score (nSPS) is 13.3. The highest BCUT2D eigenvalue weighted by molar-refractivity contribution is 5.97. The summed E-state index contributed by atoms with van der Waals surface area (Å²) >= 11 is 0. The van der Waals surface area contributed by atoms with Gasteiger partial charge in [-0.15, -0.1) is 0 Å². The highest BCUT2D eigenvalue weighted by Gasteiger charge is 2.30. The third-order valence-electron chi connectivity index (χ3n) is 4.27. The zero-order chi connectivity index (χ0) is 22.3. The Labute approximate surface area is 179 Å². The number of anilines is 1. The molecule has 0 saturated carbocycles. The summed E-state index contributed by atoms with van der Waals surface area (Å²) in [6, 6.07) is 14.5. The van der Waals surface area contributed by atoms with Crippen molar-refractivity contribution in [1.82, 2.24) is 5.32 Å². The van der Waals surface area contributed by atoms with Gasteiger partial charge in [0.25, 0.3) is 0 Å². The van der Waals surface area contributed by atoms with Crippen LogP contribution in [0.2, 0.25) is 0 Å². The van der Waals surface area contributed by atoms with Gasteiger partial charge in [-0.05, 0) is 70.4 Å². The fourth-order valence-corrected chi connectivity index (χ4v) is 3.00. The summed E-state index contributed by atoms with van der Waals surface area (Å²) in [4.78, 5) is 25.4. The molecule has 0 heterocycles. The predicted octanol–water partition coefficient (Wildman–Crippen LogP) is 4.74. The molecule has 0 aliphatic heterocycles. The second-order valence-corrected chi connectivity index (χ2v) is 8.49. The molecule has 0 aromatic heterocycles. The first-order valence-corrected chi connectivity index (χ1v) is 10.1. The summed E-state index contributed by atoms with van der Waals surface area (Å²) in [7, 11) is 0. The first kappa shape index (κ1) is 23.4. The minimum Gasteiger partial charge on any atom is -0.444 e. The summed E-state index contributed by atoms with van der Waals surface area (Å²) in [6.07, 6.45) is -1.25. The smallest absolute Gasteiger partial charge is 0.408 e. The third kappa shape index (κ3) is 7.87. The number of hydrogen-bond donors (Lipinski definition) is 2. The van der Waals surface area contributed by atoms with E-state index in [1.54, 1.807) is 27.7 Å². The Morgan fingerprint density at radius 2 is 1.60 bits per heavy atom. The van der Waals surface area contributed by atoms with Gasteiger partial charge in [-0.2, -0.15) is 0 Å². The molecule has 0 radical (unpaired) electrons. The minimum absolute atomic E-state index is 0.325. The molecule has 6 nitrogen and oxygen atoms in total. The van der Waals surface area contributed by atoms with Crippen molar-refractivity contribution in [3.8, 4) is 0 Å². The molecule has 6 heteroatoms. The van der Waals surface area contributed by atoms with E-state index in [1.165, 1.54) is 0 Å². The molecular weight excluding hydrogens is 380 g/mol. The Kier molecular flexibility index (Phi) is 8.00. The Bertz CT molecular complexity index is 839. The van der Waals surface area contributed by atoms with Crippen molar-refractivity contribution in [2.75, 3.05) is 5.32 Å². The van der Waals surface area contributed by atoms with Crippen molar-refractivity contribution in [2.24, 2.45) is 0 Å². The third-order valence-corrected chi connectivity index (χ3v) is 4.27. The minimum atomic E-state index is -0.926. The van der Waals surface area contributed by atoms with E-state index in [2.05, 4.69) is 10.6 Å². The molecule has 2 unspecified atom stereocenters. The van der Waals surface area contributed by atoms with Crippen LogP contribution in [-0.2, 0) is 20.9 Å². The molecule has 2 amide bonds. The molecular formula is C24H32N2O4. The van der Waals surface area contributed by atoms with Crippen LogP contribution >= 0.6 is 0 Å². The van der Waals surface area contributed by atoms with E-state index in [4.69, 9.17) is 9.47 Å². The van der Waals surface area contributed by atoms with Crippen LogP contribution in [0, 0.1) is 13.8 Å². The van der Waals surface area contributed by atoms with Crippen molar-refractivity contribution >= 4 is 17.7 Å².